The summed E-state index contributed by atoms with van der Waals surface area (Å²) in [6.07, 6.45) is 0. The molecule has 0 aliphatic carbocycles. The molecule has 0 saturated carbocycles. The Morgan fingerprint density at radius 3 is 2.00 bits per heavy atom. The lowest BCUT2D eigenvalue weighted by molar-refractivity contribution is 0.209. The van der Waals surface area contributed by atoms with Crippen molar-refractivity contribution in [3.05, 3.63) is 30.3 Å². The van der Waals surface area contributed by atoms with Gasteiger partial charge in [-0.1, -0.05) is 25.6 Å². The molecule has 1 fully saturated rings. The predicted molar refractivity (Wildman–Crippen MR) is 72.1 cm³/mol. The van der Waals surface area contributed by atoms with Crippen LogP contribution in [0.4, 0.5) is 5.69 Å². The van der Waals surface area contributed by atoms with E-state index in [0.717, 1.165) is 13.1 Å². The molecule has 0 aromatic heterocycles. The highest BCUT2D eigenvalue weighted by Gasteiger charge is 2.18. The smallest absolute Gasteiger partial charge is 0.0367 e. The number of para-hydroxylation sites is 1. The van der Waals surface area contributed by atoms with E-state index in [1.54, 1.807) is 0 Å². The minimum atomic E-state index is 0. The summed E-state index contributed by atoms with van der Waals surface area (Å²) >= 11 is 0. The summed E-state index contributed by atoms with van der Waals surface area (Å²) in [7, 11) is 0. The molecular weight excluding hydrogens is 196 g/mol. The van der Waals surface area contributed by atoms with Gasteiger partial charge < -0.3 is 4.90 Å². The molecule has 2 heteroatoms. The molecule has 0 bridgehead atoms. The second-order valence-corrected chi connectivity index (χ2v) is 4.45. The van der Waals surface area contributed by atoms with Gasteiger partial charge in [0.2, 0.25) is 0 Å². The summed E-state index contributed by atoms with van der Waals surface area (Å²) in [6.45, 7) is 9.24. The Bertz CT molecular complexity index is 287. The highest BCUT2D eigenvalue weighted by atomic mass is 15.3. The molecule has 2 nitrogen and oxygen atoms in total. The van der Waals surface area contributed by atoms with Crippen molar-refractivity contribution in [3.63, 3.8) is 0 Å². The third kappa shape index (κ3) is 2.99. The fraction of sp³-hybridized carbons (Fsp3) is 0.571. The number of nitrogens with zero attached hydrogens (tertiary/aromatic N) is 2. The maximum absolute atomic E-state index is 2.54. The minimum Gasteiger partial charge on any atom is -0.369 e. The number of anilines is 1. The average molecular weight is 220 g/mol. The molecule has 1 saturated heterocycles. The number of benzene rings is 1. The second kappa shape index (κ2) is 5.90. The SMILES string of the molecule is C.CC(C)N1CCN(c2ccccc2)CC1. The molecule has 0 radical (unpaired) electrons. The average Bonchev–Trinajstić information content (AvgIpc) is 2.30. The van der Waals surface area contributed by atoms with Gasteiger partial charge in [0.1, 0.15) is 0 Å². The first-order valence-electron chi connectivity index (χ1n) is 5.81. The van der Waals surface area contributed by atoms with Crippen LogP contribution in [0.15, 0.2) is 30.3 Å². The number of rotatable bonds is 2. The Kier molecular flexibility index (Phi) is 4.81. The zero-order valence-electron chi connectivity index (χ0n) is 9.69. The topological polar surface area (TPSA) is 6.48 Å². The molecule has 0 spiro atoms. The Morgan fingerprint density at radius 1 is 0.938 bits per heavy atom. The van der Waals surface area contributed by atoms with Gasteiger partial charge in [0.25, 0.3) is 0 Å². The maximum Gasteiger partial charge on any atom is 0.0367 e. The molecule has 2 rings (SSSR count). The first-order valence-corrected chi connectivity index (χ1v) is 5.81. The fourth-order valence-electron chi connectivity index (χ4n) is 2.14. The van der Waals surface area contributed by atoms with E-state index in [4.69, 9.17) is 0 Å². The number of piperazine rings is 1. The quantitative estimate of drug-likeness (QED) is 0.756. The van der Waals surface area contributed by atoms with Gasteiger partial charge in [0.05, 0.1) is 0 Å². The van der Waals surface area contributed by atoms with Gasteiger partial charge >= 0.3 is 0 Å². The lowest BCUT2D eigenvalue weighted by atomic mass is 10.2. The van der Waals surface area contributed by atoms with Gasteiger partial charge in [-0.2, -0.15) is 0 Å². The predicted octanol–water partition coefficient (Wildman–Crippen LogP) is 2.85. The van der Waals surface area contributed by atoms with Gasteiger partial charge in [-0.3, -0.25) is 4.90 Å². The summed E-state index contributed by atoms with van der Waals surface area (Å²) in [4.78, 5) is 5.01. The van der Waals surface area contributed by atoms with Crippen LogP contribution in [0.3, 0.4) is 0 Å². The molecule has 1 aromatic rings. The van der Waals surface area contributed by atoms with Crippen LogP contribution < -0.4 is 4.90 Å². The zero-order valence-corrected chi connectivity index (χ0v) is 9.69. The van der Waals surface area contributed by atoms with Gasteiger partial charge in [-0.05, 0) is 26.0 Å². The minimum absolute atomic E-state index is 0. The van der Waals surface area contributed by atoms with Crippen molar-refractivity contribution in [1.82, 2.24) is 4.90 Å². The molecule has 16 heavy (non-hydrogen) atoms. The highest BCUT2D eigenvalue weighted by molar-refractivity contribution is 5.46. The van der Waals surface area contributed by atoms with Gasteiger partial charge in [0.15, 0.2) is 0 Å². The third-order valence-electron chi connectivity index (χ3n) is 3.17. The van der Waals surface area contributed by atoms with E-state index < -0.39 is 0 Å². The third-order valence-corrected chi connectivity index (χ3v) is 3.17. The monoisotopic (exact) mass is 220 g/mol. The molecule has 90 valence electrons. The van der Waals surface area contributed by atoms with Crippen LogP contribution in [-0.4, -0.2) is 37.1 Å². The molecule has 0 atom stereocenters. The molecule has 1 heterocycles. The van der Waals surface area contributed by atoms with Crippen molar-refractivity contribution >= 4 is 5.69 Å². The zero-order chi connectivity index (χ0) is 10.7. The van der Waals surface area contributed by atoms with E-state index in [1.165, 1.54) is 18.8 Å². The number of hydrogen-bond acceptors (Lipinski definition) is 2. The first-order chi connectivity index (χ1) is 7.27. The van der Waals surface area contributed by atoms with E-state index in [-0.39, 0.29) is 7.43 Å². The Morgan fingerprint density at radius 2 is 1.50 bits per heavy atom. The second-order valence-electron chi connectivity index (χ2n) is 4.45. The van der Waals surface area contributed by atoms with E-state index in [2.05, 4.69) is 54.0 Å². The maximum atomic E-state index is 2.54. The van der Waals surface area contributed by atoms with Crippen molar-refractivity contribution in [1.29, 1.82) is 0 Å². The molecule has 1 aliphatic rings. The van der Waals surface area contributed by atoms with Crippen LogP contribution in [0.25, 0.3) is 0 Å². The molecule has 0 amide bonds. The lowest BCUT2D eigenvalue weighted by Crippen LogP contribution is -2.48. The van der Waals surface area contributed by atoms with Crippen LogP contribution in [0.2, 0.25) is 0 Å². The Labute approximate surface area is 99.9 Å². The summed E-state index contributed by atoms with van der Waals surface area (Å²) in [5.41, 5.74) is 1.36. The van der Waals surface area contributed by atoms with Crippen LogP contribution in [0.1, 0.15) is 21.3 Å². The van der Waals surface area contributed by atoms with Gasteiger partial charge in [0, 0.05) is 37.9 Å². The molecule has 0 unspecified atom stereocenters. The van der Waals surface area contributed by atoms with Crippen molar-refractivity contribution in [2.45, 2.75) is 27.3 Å². The normalized spacial score (nSPS) is 17.3. The molecule has 1 aliphatic heterocycles. The van der Waals surface area contributed by atoms with E-state index in [1.807, 2.05) is 0 Å². The molecular formula is C14H24N2. The van der Waals surface area contributed by atoms with Crippen molar-refractivity contribution in [3.8, 4) is 0 Å². The van der Waals surface area contributed by atoms with E-state index in [9.17, 15) is 0 Å². The van der Waals surface area contributed by atoms with Gasteiger partial charge in [-0.15, -0.1) is 0 Å². The Hall–Kier alpha value is -1.02. The van der Waals surface area contributed by atoms with E-state index >= 15 is 0 Å². The first kappa shape index (κ1) is 13.0. The van der Waals surface area contributed by atoms with Gasteiger partial charge in [-0.25, -0.2) is 0 Å². The highest BCUT2D eigenvalue weighted by Crippen LogP contribution is 2.16. The standard InChI is InChI=1S/C13H20N2.CH4/c1-12(2)14-8-10-15(11-9-14)13-6-4-3-5-7-13;/h3-7,12H,8-11H2,1-2H3;1H4. The summed E-state index contributed by atoms with van der Waals surface area (Å²) in [5, 5.41) is 0. The van der Waals surface area contributed by atoms with Crippen LogP contribution in [-0.2, 0) is 0 Å². The van der Waals surface area contributed by atoms with Crippen molar-refractivity contribution < 1.29 is 0 Å². The van der Waals surface area contributed by atoms with Crippen molar-refractivity contribution in [2.24, 2.45) is 0 Å². The Balaban J connectivity index is 0.00000128. The number of hydrogen-bond donors (Lipinski definition) is 0. The summed E-state index contributed by atoms with van der Waals surface area (Å²) < 4.78 is 0. The summed E-state index contributed by atoms with van der Waals surface area (Å²) in [6, 6.07) is 11.4. The van der Waals surface area contributed by atoms with Crippen LogP contribution in [0, 0.1) is 0 Å². The lowest BCUT2D eigenvalue weighted by Gasteiger charge is -2.38. The van der Waals surface area contributed by atoms with Crippen LogP contribution in [0.5, 0.6) is 0 Å². The van der Waals surface area contributed by atoms with E-state index in [0.29, 0.717) is 6.04 Å². The van der Waals surface area contributed by atoms with Crippen LogP contribution >= 0.6 is 0 Å². The molecule has 1 aromatic carbocycles. The summed E-state index contributed by atoms with van der Waals surface area (Å²) in [5.74, 6) is 0. The fourth-order valence-corrected chi connectivity index (χ4v) is 2.14. The van der Waals surface area contributed by atoms with Crippen molar-refractivity contribution in [2.75, 3.05) is 31.1 Å². The molecule has 0 N–H and O–H groups in total. The largest absolute Gasteiger partial charge is 0.369 e.